The van der Waals surface area contributed by atoms with Crippen molar-refractivity contribution < 1.29 is 14.3 Å². The Kier molecular flexibility index (Phi) is 5.60. The second-order valence-corrected chi connectivity index (χ2v) is 5.34. The van der Waals surface area contributed by atoms with Crippen molar-refractivity contribution in [1.82, 2.24) is 4.90 Å². The lowest BCUT2D eigenvalue weighted by atomic mass is 10.1. The number of carbonyl (C=O) groups excluding carboxylic acids is 1. The molecule has 1 unspecified atom stereocenters. The lowest BCUT2D eigenvalue weighted by Crippen LogP contribution is -2.32. The van der Waals surface area contributed by atoms with E-state index in [1.165, 1.54) is 0 Å². The van der Waals surface area contributed by atoms with Gasteiger partial charge in [0.05, 0.1) is 14.2 Å². The average Bonchev–Trinajstić information content (AvgIpc) is 2.55. The molecule has 0 aliphatic heterocycles. The molecule has 1 N–H and O–H groups in total. The number of nitrogens with zero attached hydrogens (tertiary/aromatic N) is 1. The summed E-state index contributed by atoms with van der Waals surface area (Å²) >= 11 is 0. The van der Waals surface area contributed by atoms with E-state index in [0.29, 0.717) is 17.2 Å². The van der Waals surface area contributed by atoms with Crippen LogP contribution in [0.5, 0.6) is 11.5 Å². The summed E-state index contributed by atoms with van der Waals surface area (Å²) in [5.74, 6) is 1.09. The lowest BCUT2D eigenvalue weighted by molar-refractivity contribution is -0.120. The number of likely N-dealkylation sites (N-methyl/N-ethyl adjacent to an activating group) is 1. The molecule has 0 saturated carbocycles. The number of anilines is 1. The molecule has 0 spiro atoms. The topological polar surface area (TPSA) is 50.8 Å². The van der Waals surface area contributed by atoms with E-state index in [9.17, 15) is 4.79 Å². The van der Waals surface area contributed by atoms with Gasteiger partial charge in [0.15, 0.2) is 11.5 Å². The highest BCUT2D eigenvalue weighted by molar-refractivity contribution is 5.95. The van der Waals surface area contributed by atoms with Crippen molar-refractivity contribution in [1.29, 1.82) is 0 Å². The third-order valence-electron chi connectivity index (χ3n) is 3.53. The molecule has 0 fully saturated rings. The minimum absolute atomic E-state index is 0.103. The van der Waals surface area contributed by atoms with E-state index >= 15 is 0 Å². The standard InChI is InChI=1S/C18H22N2O3/c1-20(2)17(13-8-6-5-7-9-13)18(21)19-14-10-11-15(22-3)16(12-14)23-4/h5-12,17H,1-4H3,(H,19,21). The van der Waals surface area contributed by atoms with Gasteiger partial charge in [-0.2, -0.15) is 0 Å². The number of ether oxygens (including phenoxy) is 2. The molecule has 0 aliphatic rings. The Morgan fingerprint density at radius 3 is 2.22 bits per heavy atom. The first-order valence-corrected chi connectivity index (χ1v) is 7.31. The highest BCUT2D eigenvalue weighted by Gasteiger charge is 2.23. The largest absolute Gasteiger partial charge is 0.493 e. The second-order valence-electron chi connectivity index (χ2n) is 5.34. The summed E-state index contributed by atoms with van der Waals surface area (Å²) < 4.78 is 10.5. The van der Waals surface area contributed by atoms with Gasteiger partial charge in [0, 0.05) is 11.8 Å². The fourth-order valence-corrected chi connectivity index (χ4v) is 2.44. The smallest absolute Gasteiger partial charge is 0.246 e. The monoisotopic (exact) mass is 314 g/mol. The highest BCUT2D eigenvalue weighted by atomic mass is 16.5. The minimum atomic E-state index is -0.371. The molecule has 0 saturated heterocycles. The Morgan fingerprint density at radius 1 is 1.00 bits per heavy atom. The van der Waals surface area contributed by atoms with E-state index in [0.717, 1.165) is 5.56 Å². The molecule has 2 aromatic carbocycles. The molecular formula is C18H22N2O3. The Hall–Kier alpha value is -2.53. The number of methoxy groups -OCH3 is 2. The van der Waals surface area contributed by atoms with Crippen LogP contribution in [0.1, 0.15) is 11.6 Å². The van der Waals surface area contributed by atoms with Crippen LogP contribution in [-0.2, 0) is 4.79 Å². The molecule has 0 radical (unpaired) electrons. The predicted octanol–water partition coefficient (Wildman–Crippen LogP) is 2.95. The first-order chi connectivity index (χ1) is 11.1. The molecule has 5 heteroatoms. The summed E-state index contributed by atoms with van der Waals surface area (Å²) in [7, 11) is 6.90. The number of amides is 1. The molecule has 0 aromatic heterocycles. The maximum absolute atomic E-state index is 12.7. The van der Waals surface area contributed by atoms with E-state index in [1.807, 2.05) is 49.3 Å². The number of benzene rings is 2. The predicted molar refractivity (Wildman–Crippen MR) is 91.0 cm³/mol. The second kappa shape index (κ2) is 7.65. The third-order valence-corrected chi connectivity index (χ3v) is 3.53. The number of hydrogen-bond donors (Lipinski definition) is 1. The number of hydrogen-bond acceptors (Lipinski definition) is 4. The quantitative estimate of drug-likeness (QED) is 0.890. The minimum Gasteiger partial charge on any atom is -0.493 e. The van der Waals surface area contributed by atoms with Crippen LogP contribution in [0.4, 0.5) is 5.69 Å². The summed E-state index contributed by atoms with van der Waals surface area (Å²) in [5.41, 5.74) is 1.60. The van der Waals surface area contributed by atoms with Crippen LogP contribution in [0.15, 0.2) is 48.5 Å². The molecule has 5 nitrogen and oxygen atoms in total. The van der Waals surface area contributed by atoms with Gasteiger partial charge in [-0.3, -0.25) is 9.69 Å². The molecule has 2 rings (SSSR count). The molecular weight excluding hydrogens is 292 g/mol. The van der Waals surface area contributed by atoms with E-state index in [1.54, 1.807) is 32.4 Å². The van der Waals surface area contributed by atoms with Gasteiger partial charge in [0.2, 0.25) is 5.91 Å². The SMILES string of the molecule is COc1ccc(NC(=O)C(c2ccccc2)N(C)C)cc1OC. The van der Waals surface area contributed by atoms with Crippen molar-refractivity contribution in [3.63, 3.8) is 0 Å². The zero-order valence-electron chi connectivity index (χ0n) is 13.9. The number of carbonyl (C=O) groups is 1. The summed E-state index contributed by atoms with van der Waals surface area (Å²) in [5, 5.41) is 2.93. The summed E-state index contributed by atoms with van der Waals surface area (Å²) in [6.45, 7) is 0. The fraction of sp³-hybridized carbons (Fsp3) is 0.278. The average molecular weight is 314 g/mol. The first-order valence-electron chi connectivity index (χ1n) is 7.31. The maximum atomic E-state index is 12.7. The molecule has 1 amide bonds. The van der Waals surface area contributed by atoms with Gasteiger partial charge in [-0.15, -0.1) is 0 Å². The van der Waals surface area contributed by atoms with Crippen LogP contribution < -0.4 is 14.8 Å². The number of rotatable bonds is 6. The molecule has 0 aliphatic carbocycles. The van der Waals surface area contributed by atoms with Gasteiger partial charge in [0.25, 0.3) is 0 Å². The van der Waals surface area contributed by atoms with E-state index in [-0.39, 0.29) is 11.9 Å². The van der Waals surface area contributed by atoms with Crippen LogP contribution in [0, 0.1) is 0 Å². The van der Waals surface area contributed by atoms with Crippen molar-refractivity contribution in [3.8, 4) is 11.5 Å². The zero-order chi connectivity index (χ0) is 16.8. The van der Waals surface area contributed by atoms with Crippen LogP contribution >= 0.6 is 0 Å². The van der Waals surface area contributed by atoms with E-state index in [2.05, 4.69) is 5.32 Å². The van der Waals surface area contributed by atoms with Gasteiger partial charge in [-0.05, 0) is 31.8 Å². The molecule has 0 heterocycles. The van der Waals surface area contributed by atoms with Crippen molar-refractivity contribution in [2.24, 2.45) is 0 Å². The Bertz CT molecular complexity index is 657. The van der Waals surface area contributed by atoms with Crippen molar-refractivity contribution in [2.75, 3.05) is 33.6 Å². The van der Waals surface area contributed by atoms with Crippen LogP contribution in [0.25, 0.3) is 0 Å². The maximum Gasteiger partial charge on any atom is 0.246 e. The van der Waals surface area contributed by atoms with E-state index < -0.39 is 0 Å². The summed E-state index contributed by atoms with van der Waals surface area (Å²) in [6.07, 6.45) is 0. The fourth-order valence-electron chi connectivity index (χ4n) is 2.44. The van der Waals surface area contributed by atoms with Gasteiger partial charge >= 0.3 is 0 Å². The molecule has 0 bridgehead atoms. The Balaban J connectivity index is 2.22. The molecule has 2 aromatic rings. The normalized spacial score (nSPS) is 11.9. The third kappa shape index (κ3) is 4.02. The van der Waals surface area contributed by atoms with E-state index in [4.69, 9.17) is 9.47 Å². The highest BCUT2D eigenvalue weighted by Crippen LogP contribution is 2.30. The van der Waals surface area contributed by atoms with Crippen molar-refractivity contribution in [2.45, 2.75) is 6.04 Å². The van der Waals surface area contributed by atoms with Crippen molar-refractivity contribution >= 4 is 11.6 Å². The van der Waals surface area contributed by atoms with Gasteiger partial charge in [0.1, 0.15) is 6.04 Å². The van der Waals surface area contributed by atoms with Gasteiger partial charge < -0.3 is 14.8 Å². The van der Waals surface area contributed by atoms with Crippen molar-refractivity contribution in [3.05, 3.63) is 54.1 Å². The zero-order valence-corrected chi connectivity index (χ0v) is 13.9. The molecule has 122 valence electrons. The van der Waals surface area contributed by atoms with Crippen LogP contribution in [0.2, 0.25) is 0 Å². The Morgan fingerprint density at radius 2 is 1.65 bits per heavy atom. The summed E-state index contributed by atoms with van der Waals surface area (Å²) in [4.78, 5) is 14.6. The van der Waals surface area contributed by atoms with Crippen LogP contribution in [0.3, 0.4) is 0 Å². The van der Waals surface area contributed by atoms with Gasteiger partial charge in [-0.25, -0.2) is 0 Å². The van der Waals surface area contributed by atoms with Crippen LogP contribution in [-0.4, -0.2) is 39.1 Å². The van der Waals surface area contributed by atoms with Gasteiger partial charge in [-0.1, -0.05) is 30.3 Å². The Labute approximate surface area is 136 Å². The molecule has 1 atom stereocenters. The summed E-state index contributed by atoms with van der Waals surface area (Å²) in [6, 6.07) is 14.6. The lowest BCUT2D eigenvalue weighted by Gasteiger charge is -2.24. The first kappa shape index (κ1) is 16.8. The number of nitrogens with one attached hydrogen (secondary N) is 1. The molecule has 23 heavy (non-hydrogen) atoms.